The Morgan fingerprint density at radius 1 is 1.17 bits per heavy atom. The van der Waals surface area contributed by atoms with Crippen molar-refractivity contribution in [3.8, 4) is 0 Å². The number of benzene rings is 1. The van der Waals surface area contributed by atoms with E-state index in [2.05, 4.69) is 47.1 Å². The van der Waals surface area contributed by atoms with Crippen LogP contribution in [0.5, 0.6) is 0 Å². The first-order chi connectivity index (χ1) is 11.1. The number of aryl methyl sites for hydroxylation is 1. The van der Waals surface area contributed by atoms with Gasteiger partial charge >= 0.3 is 6.03 Å². The van der Waals surface area contributed by atoms with Gasteiger partial charge in [0.2, 0.25) is 5.91 Å². The maximum atomic E-state index is 11.8. The topological polar surface area (TPSA) is 70.2 Å². The summed E-state index contributed by atoms with van der Waals surface area (Å²) in [5.74, 6) is -0.365. The maximum Gasteiger partial charge on any atom is 0.321 e. The van der Waals surface area contributed by atoms with Crippen LogP contribution in [0, 0.1) is 0 Å². The minimum absolute atomic E-state index is 0.0610. The van der Waals surface area contributed by atoms with Crippen molar-refractivity contribution in [2.45, 2.75) is 19.4 Å². The predicted octanol–water partition coefficient (Wildman–Crippen LogP) is 2.45. The largest absolute Gasteiger partial charge is 0.341 e. The van der Waals surface area contributed by atoms with Crippen molar-refractivity contribution in [1.29, 1.82) is 0 Å². The third kappa shape index (κ3) is 4.91. The van der Waals surface area contributed by atoms with Crippen molar-refractivity contribution in [2.75, 3.05) is 13.6 Å². The van der Waals surface area contributed by atoms with Crippen molar-refractivity contribution in [2.24, 2.45) is 0 Å². The molecule has 2 rings (SSSR count). The van der Waals surface area contributed by atoms with E-state index in [-0.39, 0.29) is 18.5 Å². The summed E-state index contributed by atoms with van der Waals surface area (Å²) in [7, 11) is 1.47. The molecule has 0 saturated carbocycles. The molecule has 0 bridgehead atoms. The Hall–Kier alpha value is -2.18. The zero-order valence-corrected chi connectivity index (χ0v) is 14.1. The Morgan fingerprint density at radius 2 is 1.91 bits per heavy atom. The van der Waals surface area contributed by atoms with Gasteiger partial charge in [0, 0.05) is 11.9 Å². The second-order valence-electron chi connectivity index (χ2n) is 5.05. The van der Waals surface area contributed by atoms with Crippen molar-refractivity contribution in [1.82, 2.24) is 16.0 Å². The van der Waals surface area contributed by atoms with Gasteiger partial charge in [0.05, 0.1) is 12.6 Å². The van der Waals surface area contributed by atoms with Crippen molar-refractivity contribution in [3.05, 3.63) is 57.8 Å². The molecular formula is C17H21N3O2S. The van der Waals surface area contributed by atoms with Crippen LogP contribution in [0.15, 0.2) is 41.8 Å². The van der Waals surface area contributed by atoms with E-state index in [4.69, 9.17) is 0 Å². The summed E-state index contributed by atoms with van der Waals surface area (Å²) in [4.78, 5) is 24.1. The van der Waals surface area contributed by atoms with E-state index in [1.165, 1.54) is 12.6 Å². The van der Waals surface area contributed by atoms with Crippen LogP contribution in [0.25, 0.3) is 0 Å². The van der Waals surface area contributed by atoms with Crippen molar-refractivity contribution < 1.29 is 9.59 Å². The van der Waals surface area contributed by atoms with Crippen LogP contribution in [0.1, 0.15) is 29.0 Å². The minimum Gasteiger partial charge on any atom is -0.341 e. The smallest absolute Gasteiger partial charge is 0.321 e. The summed E-state index contributed by atoms with van der Waals surface area (Å²) in [6.07, 6.45) is 0.992. The molecule has 3 amide bonds. The number of rotatable bonds is 6. The molecule has 0 aliphatic carbocycles. The first-order valence-electron chi connectivity index (χ1n) is 7.51. The van der Waals surface area contributed by atoms with Crippen LogP contribution >= 0.6 is 11.3 Å². The first kappa shape index (κ1) is 17.2. The average molecular weight is 331 g/mol. The molecule has 0 unspecified atom stereocenters. The van der Waals surface area contributed by atoms with Crippen LogP contribution in [0.4, 0.5) is 4.79 Å². The van der Waals surface area contributed by atoms with Gasteiger partial charge in [-0.1, -0.05) is 37.3 Å². The zero-order valence-electron chi connectivity index (χ0n) is 13.3. The standard InChI is InChI=1S/C17H21N3O2S/c1-3-12-6-8-13(9-7-12)16(14-5-4-10-23-14)19-11-15(21)20-17(22)18-2/h4-10,16,19H,3,11H2,1-2H3,(H2,18,20,21,22)/t16-/m0/s1. The summed E-state index contributed by atoms with van der Waals surface area (Å²) >= 11 is 1.63. The van der Waals surface area contributed by atoms with E-state index < -0.39 is 6.03 Å². The molecule has 0 saturated heterocycles. The number of nitrogens with one attached hydrogen (secondary N) is 3. The molecule has 23 heavy (non-hydrogen) atoms. The van der Waals surface area contributed by atoms with Crippen molar-refractivity contribution in [3.63, 3.8) is 0 Å². The molecule has 1 heterocycles. The Labute approximate surface area is 140 Å². The molecule has 2 aromatic rings. The van der Waals surface area contributed by atoms with Gasteiger partial charge < -0.3 is 5.32 Å². The number of hydrogen-bond donors (Lipinski definition) is 3. The number of thiophene rings is 1. The zero-order chi connectivity index (χ0) is 16.7. The summed E-state index contributed by atoms with van der Waals surface area (Å²) < 4.78 is 0. The molecule has 0 fully saturated rings. The van der Waals surface area contributed by atoms with Gasteiger partial charge in [0.25, 0.3) is 0 Å². The van der Waals surface area contributed by atoms with E-state index in [0.717, 1.165) is 16.9 Å². The number of imide groups is 1. The third-order valence-electron chi connectivity index (χ3n) is 3.50. The molecular weight excluding hydrogens is 310 g/mol. The molecule has 122 valence electrons. The monoisotopic (exact) mass is 331 g/mol. The Morgan fingerprint density at radius 3 is 2.48 bits per heavy atom. The fourth-order valence-electron chi connectivity index (χ4n) is 2.21. The molecule has 0 spiro atoms. The molecule has 3 N–H and O–H groups in total. The Kier molecular flexibility index (Phi) is 6.31. The predicted molar refractivity (Wildman–Crippen MR) is 92.6 cm³/mol. The number of urea groups is 1. The lowest BCUT2D eigenvalue weighted by Crippen LogP contribution is -2.42. The van der Waals surface area contributed by atoms with Gasteiger partial charge in [0.1, 0.15) is 0 Å². The van der Waals surface area contributed by atoms with Crippen LogP contribution in [0.3, 0.4) is 0 Å². The second kappa shape index (κ2) is 8.45. The van der Waals surface area contributed by atoms with Gasteiger partial charge in [-0.25, -0.2) is 4.79 Å². The molecule has 1 atom stereocenters. The number of carbonyl (C=O) groups is 2. The highest BCUT2D eigenvalue weighted by Crippen LogP contribution is 2.26. The van der Waals surface area contributed by atoms with Crippen LogP contribution in [0.2, 0.25) is 0 Å². The first-order valence-corrected chi connectivity index (χ1v) is 8.39. The molecule has 0 radical (unpaired) electrons. The lowest BCUT2D eigenvalue weighted by Gasteiger charge is -2.18. The van der Waals surface area contributed by atoms with Gasteiger partial charge in [-0.2, -0.15) is 0 Å². The van der Waals surface area contributed by atoms with Crippen LogP contribution in [-0.2, 0) is 11.2 Å². The third-order valence-corrected chi connectivity index (χ3v) is 4.43. The highest BCUT2D eigenvalue weighted by Gasteiger charge is 2.16. The average Bonchev–Trinajstić information content (AvgIpc) is 3.09. The Balaban J connectivity index is 2.09. The van der Waals surface area contributed by atoms with Gasteiger partial charge in [0.15, 0.2) is 0 Å². The minimum atomic E-state index is -0.503. The van der Waals surface area contributed by atoms with Crippen LogP contribution < -0.4 is 16.0 Å². The summed E-state index contributed by atoms with van der Waals surface area (Å²) in [6.45, 7) is 2.18. The number of hydrogen-bond acceptors (Lipinski definition) is 4. The van der Waals surface area contributed by atoms with Crippen LogP contribution in [-0.4, -0.2) is 25.5 Å². The fraction of sp³-hybridized carbons (Fsp3) is 0.294. The maximum absolute atomic E-state index is 11.8. The molecule has 0 aliphatic rings. The van der Waals surface area contributed by atoms with Gasteiger partial charge in [-0.3, -0.25) is 15.4 Å². The highest BCUT2D eigenvalue weighted by atomic mass is 32.1. The number of carbonyl (C=O) groups excluding carboxylic acids is 2. The van der Waals surface area contributed by atoms with Crippen molar-refractivity contribution >= 4 is 23.3 Å². The fourth-order valence-corrected chi connectivity index (χ4v) is 3.04. The normalized spacial score (nSPS) is 11.7. The second-order valence-corrected chi connectivity index (χ2v) is 6.03. The van der Waals surface area contributed by atoms with E-state index in [9.17, 15) is 9.59 Å². The van der Waals surface area contributed by atoms with E-state index in [0.29, 0.717) is 0 Å². The van der Waals surface area contributed by atoms with Gasteiger partial charge in [-0.15, -0.1) is 11.3 Å². The van der Waals surface area contributed by atoms with E-state index in [1.54, 1.807) is 11.3 Å². The molecule has 0 aliphatic heterocycles. The van der Waals surface area contributed by atoms with E-state index in [1.807, 2.05) is 17.5 Å². The SMILES string of the molecule is CCc1ccc([C@H](NCC(=O)NC(=O)NC)c2cccs2)cc1. The lowest BCUT2D eigenvalue weighted by atomic mass is 10.0. The quantitative estimate of drug-likeness (QED) is 0.761. The molecule has 5 nitrogen and oxygen atoms in total. The molecule has 6 heteroatoms. The molecule has 1 aromatic carbocycles. The summed E-state index contributed by atoms with van der Waals surface area (Å²) in [5.41, 5.74) is 2.37. The summed E-state index contributed by atoms with van der Waals surface area (Å²) in [5, 5.41) is 9.84. The van der Waals surface area contributed by atoms with E-state index >= 15 is 0 Å². The Bertz CT molecular complexity index is 638. The van der Waals surface area contributed by atoms with Gasteiger partial charge in [-0.05, 0) is 29.0 Å². The highest BCUT2D eigenvalue weighted by molar-refractivity contribution is 7.10. The number of amides is 3. The molecule has 1 aromatic heterocycles. The summed E-state index contributed by atoms with van der Waals surface area (Å²) in [6, 6.07) is 11.8. The lowest BCUT2D eigenvalue weighted by molar-refractivity contribution is -0.119.